The Labute approximate surface area is 144 Å². The first-order chi connectivity index (χ1) is 12.0. The van der Waals surface area contributed by atoms with Crippen LogP contribution in [-0.4, -0.2) is 37.3 Å². The summed E-state index contributed by atoms with van der Waals surface area (Å²) in [5, 5.41) is 20.2. The van der Waals surface area contributed by atoms with Crippen LogP contribution in [0.3, 0.4) is 0 Å². The summed E-state index contributed by atoms with van der Waals surface area (Å²) in [4.78, 5) is 12.6. The predicted octanol–water partition coefficient (Wildman–Crippen LogP) is 2.83. The SMILES string of the molecule is COc1ccc([C@H]2CC(=O)c3c(O)c(O)c(OC)c(OC)c3O2)cc1. The lowest BCUT2D eigenvalue weighted by Gasteiger charge is -2.28. The van der Waals surface area contributed by atoms with Crippen LogP contribution < -0.4 is 18.9 Å². The Hall–Kier alpha value is -3.09. The number of hydrogen-bond donors (Lipinski definition) is 2. The van der Waals surface area contributed by atoms with Gasteiger partial charge in [-0.3, -0.25) is 4.79 Å². The summed E-state index contributed by atoms with van der Waals surface area (Å²) in [6.07, 6.45) is -0.546. The number of rotatable bonds is 4. The van der Waals surface area contributed by atoms with Gasteiger partial charge in [0.2, 0.25) is 17.2 Å². The minimum absolute atomic E-state index is 0.0157. The van der Waals surface area contributed by atoms with E-state index in [1.54, 1.807) is 31.4 Å². The monoisotopic (exact) mass is 346 g/mol. The fourth-order valence-electron chi connectivity index (χ4n) is 2.86. The topological polar surface area (TPSA) is 94.5 Å². The molecule has 0 bridgehead atoms. The van der Waals surface area contributed by atoms with Crippen LogP contribution in [0.5, 0.6) is 34.5 Å². The largest absolute Gasteiger partial charge is 0.504 e. The van der Waals surface area contributed by atoms with Gasteiger partial charge >= 0.3 is 0 Å². The van der Waals surface area contributed by atoms with Crippen molar-refractivity contribution in [2.24, 2.45) is 0 Å². The Balaban J connectivity index is 2.09. The van der Waals surface area contributed by atoms with Gasteiger partial charge in [0.1, 0.15) is 17.4 Å². The minimum atomic E-state index is -0.578. The van der Waals surface area contributed by atoms with Gasteiger partial charge in [-0.25, -0.2) is 0 Å². The van der Waals surface area contributed by atoms with Gasteiger partial charge in [0.25, 0.3) is 0 Å². The number of carbonyl (C=O) groups excluding carboxylic acids is 1. The number of phenols is 2. The molecule has 25 heavy (non-hydrogen) atoms. The number of ether oxygens (including phenoxy) is 4. The predicted molar refractivity (Wildman–Crippen MR) is 88.2 cm³/mol. The van der Waals surface area contributed by atoms with Crippen LogP contribution in [0.15, 0.2) is 24.3 Å². The Kier molecular flexibility index (Phi) is 4.31. The fraction of sp³-hybridized carbons (Fsp3) is 0.278. The molecule has 3 rings (SSSR count). The summed E-state index contributed by atoms with van der Waals surface area (Å²) < 4.78 is 21.4. The Morgan fingerprint density at radius 3 is 2.16 bits per heavy atom. The number of hydrogen-bond acceptors (Lipinski definition) is 7. The molecule has 0 spiro atoms. The average molecular weight is 346 g/mol. The lowest BCUT2D eigenvalue weighted by molar-refractivity contribution is 0.0834. The van der Waals surface area contributed by atoms with E-state index in [1.807, 2.05) is 0 Å². The first-order valence-electron chi connectivity index (χ1n) is 7.55. The number of methoxy groups -OCH3 is 3. The molecular weight excluding hydrogens is 328 g/mol. The van der Waals surface area contributed by atoms with Crippen molar-refractivity contribution in [3.05, 3.63) is 35.4 Å². The third-order valence-electron chi connectivity index (χ3n) is 4.12. The summed E-state index contributed by atoms with van der Waals surface area (Å²) in [6, 6.07) is 7.13. The smallest absolute Gasteiger partial charge is 0.211 e. The third-order valence-corrected chi connectivity index (χ3v) is 4.12. The van der Waals surface area contributed by atoms with Gasteiger partial charge < -0.3 is 29.2 Å². The molecule has 2 aromatic rings. The van der Waals surface area contributed by atoms with Crippen molar-refractivity contribution < 1.29 is 34.0 Å². The maximum absolute atomic E-state index is 12.6. The van der Waals surface area contributed by atoms with Crippen molar-refractivity contribution in [3.63, 3.8) is 0 Å². The standard InChI is InChI=1S/C18H18O7/c1-22-10-6-4-9(5-7-10)12-8-11(19)13-14(20)15(21)17(23-2)18(24-3)16(13)25-12/h4-7,12,20-21H,8H2,1-3H3/t12-/m1/s1. The normalized spacial score (nSPS) is 16.0. The number of benzene rings is 2. The second-order valence-corrected chi connectivity index (χ2v) is 5.47. The maximum atomic E-state index is 12.6. The summed E-state index contributed by atoms with van der Waals surface area (Å²) in [6.45, 7) is 0. The molecule has 0 fully saturated rings. The highest BCUT2D eigenvalue weighted by molar-refractivity contribution is 6.05. The molecule has 1 atom stereocenters. The molecule has 0 saturated heterocycles. The average Bonchev–Trinajstić information content (AvgIpc) is 2.63. The summed E-state index contributed by atoms with van der Waals surface area (Å²) >= 11 is 0. The van der Waals surface area contributed by atoms with E-state index in [0.29, 0.717) is 5.75 Å². The quantitative estimate of drug-likeness (QED) is 0.822. The molecule has 1 aliphatic rings. The molecule has 0 amide bonds. The number of phenolic OH excluding ortho intramolecular Hbond substituents is 2. The van der Waals surface area contributed by atoms with Crippen LogP contribution in [-0.2, 0) is 0 Å². The highest BCUT2D eigenvalue weighted by atomic mass is 16.5. The summed E-state index contributed by atoms with van der Waals surface area (Å²) in [7, 11) is 4.24. The van der Waals surface area contributed by atoms with E-state index in [4.69, 9.17) is 18.9 Å². The van der Waals surface area contributed by atoms with Gasteiger partial charge in [0.05, 0.1) is 27.8 Å². The highest BCUT2D eigenvalue weighted by Gasteiger charge is 2.37. The molecule has 132 valence electrons. The van der Waals surface area contributed by atoms with E-state index in [0.717, 1.165) is 5.56 Å². The van der Waals surface area contributed by atoms with Crippen LogP contribution in [0.1, 0.15) is 28.4 Å². The number of Topliss-reactive ketones (excluding diaryl/α,β-unsaturated/α-hetero) is 1. The van der Waals surface area contributed by atoms with Crippen LogP contribution in [0.25, 0.3) is 0 Å². The molecule has 0 aromatic heterocycles. The molecule has 0 aliphatic carbocycles. The van der Waals surface area contributed by atoms with Crippen molar-refractivity contribution >= 4 is 5.78 Å². The van der Waals surface area contributed by atoms with Gasteiger partial charge in [-0.2, -0.15) is 0 Å². The third kappa shape index (κ3) is 2.67. The lowest BCUT2D eigenvalue weighted by Crippen LogP contribution is -2.21. The molecule has 2 N–H and O–H groups in total. The van der Waals surface area contributed by atoms with Gasteiger partial charge in [0.15, 0.2) is 17.3 Å². The first-order valence-corrected chi connectivity index (χ1v) is 7.55. The van der Waals surface area contributed by atoms with Crippen LogP contribution >= 0.6 is 0 Å². The lowest BCUT2D eigenvalue weighted by atomic mass is 9.94. The van der Waals surface area contributed by atoms with E-state index in [9.17, 15) is 15.0 Å². The van der Waals surface area contributed by atoms with Gasteiger partial charge in [-0.05, 0) is 17.7 Å². The maximum Gasteiger partial charge on any atom is 0.211 e. The molecule has 2 aromatic carbocycles. The Morgan fingerprint density at radius 2 is 1.60 bits per heavy atom. The zero-order valence-electron chi connectivity index (χ0n) is 14.0. The number of carbonyl (C=O) groups is 1. The van der Waals surface area contributed by atoms with E-state index in [2.05, 4.69) is 0 Å². The van der Waals surface area contributed by atoms with Crippen LogP contribution in [0, 0.1) is 0 Å². The molecule has 1 aliphatic heterocycles. The number of fused-ring (bicyclic) bond motifs is 1. The van der Waals surface area contributed by atoms with Gasteiger partial charge in [-0.15, -0.1) is 0 Å². The zero-order valence-corrected chi connectivity index (χ0v) is 14.0. The molecular formula is C18H18O7. The molecule has 7 heteroatoms. The van der Waals surface area contributed by atoms with E-state index in [-0.39, 0.29) is 35.0 Å². The molecule has 0 radical (unpaired) electrons. The summed E-state index contributed by atoms with van der Waals surface area (Å²) in [5.41, 5.74) is 0.660. The molecule has 0 unspecified atom stereocenters. The Morgan fingerprint density at radius 1 is 0.960 bits per heavy atom. The van der Waals surface area contributed by atoms with Gasteiger partial charge in [-0.1, -0.05) is 12.1 Å². The highest BCUT2D eigenvalue weighted by Crippen LogP contribution is 2.55. The Bertz CT molecular complexity index is 811. The van der Waals surface area contributed by atoms with Crippen molar-refractivity contribution in [2.45, 2.75) is 12.5 Å². The van der Waals surface area contributed by atoms with E-state index < -0.39 is 17.6 Å². The van der Waals surface area contributed by atoms with Crippen molar-refractivity contribution in [1.29, 1.82) is 0 Å². The molecule has 1 heterocycles. The molecule has 7 nitrogen and oxygen atoms in total. The minimum Gasteiger partial charge on any atom is -0.504 e. The van der Waals surface area contributed by atoms with Crippen LogP contribution in [0.4, 0.5) is 0 Å². The zero-order chi connectivity index (χ0) is 18.1. The van der Waals surface area contributed by atoms with Crippen LogP contribution in [0.2, 0.25) is 0 Å². The number of ketones is 1. The second kappa shape index (κ2) is 6.43. The first kappa shape index (κ1) is 16.8. The van der Waals surface area contributed by atoms with Gasteiger partial charge in [0, 0.05) is 0 Å². The summed E-state index contributed by atoms with van der Waals surface area (Å²) in [5.74, 6) is -0.805. The van der Waals surface area contributed by atoms with Crippen molar-refractivity contribution in [2.75, 3.05) is 21.3 Å². The number of aromatic hydroxyl groups is 2. The molecule has 0 saturated carbocycles. The van der Waals surface area contributed by atoms with Crippen molar-refractivity contribution in [1.82, 2.24) is 0 Å². The fourth-order valence-corrected chi connectivity index (χ4v) is 2.86. The van der Waals surface area contributed by atoms with E-state index >= 15 is 0 Å². The van der Waals surface area contributed by atoms with E-state index in [1.165, 1.54) is 14.2 Å². The van der Waals surface area contributed by atoms with Crippen molar-refractivity contribution in [3.8, 4) is 34.5 Å². The second-order valence-electron chi connectivity index (χ2n) is 5.47.